The van der Waals surface area contributed by atoms with Gasteiger partial charge in [0.05, 0.1) is 0 Å². The Morgan fingerprint density at radius 3 is 2.32 bits per heavy atom. The zero-order valence-corrected chi connectivity index (χ0v) is 15.4. The number of esters is 1. The lowest BCUT2D eigenvalue weighted by atomic mass is 10.1. The van der Waals surface area contributed by atoms with E-state index in [9.17, 15) is 9.59 Å². The van der Waals surface area contributed by atoms with Gasteiger partial charge < -0.3 is 14.4 Å². The molecule has 0 saturated carbocycles. The number of likely N-dealkylation sites (tertiary alicyclic amines) is 1. The van der Waals surface area contributed by atoms with Crippen molar-refractivity contribution >= 4 is 11.9 Å². The second kappa shape index (κ2) is 9.56. The molecule has 0 spiro atoms. The molecular formula is C20H29NO4. The average molecular weight is 347 g/mol. The van der Waals surface area contributed by atoms with Gasteiger partial charge in [0.2, 0.25) is 6.10 Å². The average Bonchev–Trinajstić information content (AvgIpc) is 3.13. The molecule has 1 aliphatic rings. The Kier molecular flexibility index (Phi) is 7.44. The van der Waals surface area contributed by atoms with Crippen molar-refractivity contribution in [1.29, 1.82) is 0 Å². The number of hydrogen-bond acceptors (Lipinski definition) is 4. The normalized spacial score (nSPS) is 16.7. The van der Waals surface area contributed by atoms with E-state index in [0.717, 1.165) is 32.4 Å². The molecule has 0 aromatic heterocycles. The summed E-state index contributed by atoms with van der Waals surface area (Å²) in [7, 11) is 0. The van der Waals surface area contributed by atoms with Crippen LogP contribution in [0.15, 0.2) is 30.3 Å². The zero-order chi connectivity index (χ0) is 18.2. The van der Waals surface area contributed by atoms with Gasteiger partial charge in [-0.15, -0.1) is 0 Å². The van der Waals surface area contributed by atoms with Crippen molar-refractivity contribution in [3.63, 3.8) is 0 Å². The van der Waals surface area contributed by atoms with Crippen LogP contribution in [0.25, 0.3) is 0 Å². The highest BCUT2D eigenvalue weighted by atomic mass is 16.6. The third-order valence-electron chi connectivity index (χ3n) is 4.37. The van der Waals surface area contributed by atoms with Crippen LogP contribution in [0.2, 0.25) is 0 Å². The third-order valence-corrected chi connectivity index (χ3v) is 4.37. The van der Waals surface area contributed by atoms with E-state index in [1.807, 2.05) is 30.3 Å². The quantitative estimate of drug-likeness (QED) is 0.677. The number of carbonyl (C=O) groups excluding carboxylic acids is 2. The molecule has 1 saturated heterocycles. The van der Waals surface area contributed by atoms with E-state index in [-0.39, 0.29) is 5.91 Å². The zero-order valence-electron chi connectivity index (χ0n) is 15.4. The smallest absolute Gasteiger partial charge is 0.336 e. The Bertz CT molecular complexity index is 552. The van der Waals surface area contributed by atoms with Gasteiger partial charge in [-0.3, -0.25) is 4.79 Å². The molecule has 0 N–H and O–H groups in total. The number of carbonyl (C=O) groups is 2. The van der Waals surface area contributed by atoms with E-state index in [2.05, 4.69) is 13.8 Å². The minimum Gasteiger partial charge on any atom is -0.445 e. The van der Waals surface area contributed by atoms with Crippen molar-refractivity contribution in [3.8, 4) is 0 Å². The van der Waals surface area contributed by atoms with Crippen molar-refractivity contribution in [2.24, 2.45) is 5.92 Å². The van der Waals surface area contributed by atoms with E-state index in [1.54, 1.807) is 11.8 Å². The second-order valence-corrected chi connectivity index (χ2v) is 6.96. The summed E-state index contributed by atoms with van der Waals surface area (Å²) in [5.41, 5.74) is 0.696. The summed E-state index contributed by atoms with van der Waals surface area (Å²) in [6.45, 7) is 7.83. The molecule has 5 nitrogen and oxygen atoms in total. The lowest BCUT2D eigenvalue weighted by Gasteiger charge is -2.24. The highest BCUT2D eigenvalue weighted by Gasteiger charge is 2.32. The van der Waals surface area contributed by atoms with Gasteiger partial charge in [0.15, 0.2) is 6.10 Å². The Hall–Kier alpha value is -1.88. The highest BCUT2D eigenvalue weighted by molar-refractivity contribution is 5.86. The maximum atomic E-state index is 12.8. The molecule has 0 bridgehead atoms. The predicted molar refractivity (Wildman–Crippen MR) is 96.0 cm³/mol. The van der Waals surface area contributed by atoms with Crippen molar-refractivity contribution in [1.82, 2.24) is 4.90 Å². The molecule has 1 aliphatic heterocycles. The minimum absolute atomic E-state index is 0.147. The van der Waals surface area contributed by atoms with Gasteiger partial charge in [0.1, 0.15) is 0 Å². The van der Waals surface area contributed by atoms with E-state index in [4.69, 9.17) is 9.47 Å². The molecule has 1 heterocycles. The Labute approximate surface area is 150 Å². The third kappa shape index (κ3) is 5.85. The van der Waals surface area contributed by atoms with Crippen LogP contribution in [0.1, 0.15) is 51.7 Å². The molecule has 1 amide bonds. The monoisotopic (exact) mass is 347 g/mol. The molecule has 0 radical (unpaired) electrons. The van der Waals surface area contributed by atoms with Crippen molar-refractivity contribution in [2.45, 2.75) is 52.2 Å². The van der Waals surface area contributed by atoms with Crippen LogP contribution in [0.3, 0.4) is 0 Å². The molecular weight excluding hydrogens is 318 g/mol. The molecule has 2 unspecified atom stereocenters. The maximum Gasteiger partial charge on any atom is 0.336 e. The van der Waals surface area contributed by atoms with Crippen molar-refractivity contribution in [2.75, 3.05) is 19.7 Å². The number of benzene rings is 1. The molecule has 2 atom stereocenters. The van der Waals surface area contributed by atoms with Gasteiger partial charge in [-0.25, -0.2) is 4.79 Å². The van der Waals surface area contributed by atoms with Gasteiger partial charge in [-0.1, -0.05) is 44.2 Å². The van der Waals surface area contributed by atoms with Crippen LogP contribution < -0.4 is 0 Å². The fourth-order valence-electron chi connectivity index (χ4n) is 2.75. The summed E-state index contributed by atoms with van der Waals surface area (Å²) < 4.78 is 11.1. The molecule has 138 valence electrons. The topological polar surface area (TPSA) is 55.8 Å². The van der Waals surface area contributed by atoms with Gasteiger partial charge in [0, 0.05) is 25.3 Å². The number of nitrogens with zero attached hydrogens (tertiary/aromatic N) is 1. The summed E-state index contributed by atoms with van der Waals surface area (Å²) in [4.78, 5) is 27.0. The first-order valence-corrected chi connectivity index (χ1v) is 9.15. The van der Waals surface area contributed by atoms with E-state index >= 15 is 0 Å². The molecule has 1 fully saturated rings. The number of hydrogen-bond donors (Lipinski definition) is 0. The van der Waals surface area contributed by atoms with Gasteiger partial charge in [-0.05, 0) is 32.1 Å². The first kappa shape index (κ1) is 19.4. The fraction of sp³-hybridized carbons (Fsp3) is 0.600. The molecule has 2 rings (SSSR count). The maximum absolute atomic E-state index is 12.8. The van der Waals surface area contributed by atoms with Gasteiger partial charge >= 0.3 is 5.97 Å². The van der Waals surface area contributed by atoms with E-state index < -0.39 is 18.2 Å². The Morgan fingerprint density at radius 2 is 1.72 bits per heavy atom. The van der Waals surface area contributed by atoms with Crippen LogP contribution in [0.5, 0.6) is 0 Å². The van der Waals surface area contributed by atoms with Gasteiger partial charge in [0.25, 0.3) is 5.91 Å². The molecule has 0 aliphatic carbocycles. The number of rotatable bonds is 8. The Balaban J connectivity index is 2.02. The summed E-state index contributed by atoms with van der Waals surface area (Å²) in [6.07, 6.45) is 1.29. The Morgan fingerprint density at radius 1 is 1.08 bits per heavy atom. The van der Waals surface area contributed by atoms with Gasteiger partial charge in [-0.2, -0.15) is 0 Å². The summed E-state index contributed by atoms with van der Waals surface area (Å²) in [5.74, 6) is -0.131. The van der Waals surface area contributed by atoms with E-state index in [1.165, 1.54) is 0 Å². The van der Waals surface area contributed by atoms with Crippen LogP contribution >= 0.6 is 0 Å². The lowest BCUT2D eigenvalue weighted by Crippen LogP contribution is -2.36. The molecule has 1 aromatic rings. The standard InChI is InChI=1S/C20H29NO4/c1-15(2)11-14-24-16(3)20(23)25-18(17-9-5-4-6-10-17)19(22)21-12-7-8-13-21/h4-6,9-10,15-16,18H,7-8,11-14H2,1-3H3. The minimum atomic E-state index is -0.900. The summed E-state index contributed by atoms with van der Waals surface area (Å²) >= 11 is 0. The fourth-order valence-corrected chi connectivity index (χ4v) is 2.75. The first-order chi connectivity index (χ1) is 12.0. The molecule has 1 aromatic carbocycles. The number of amides is 1. The van der Waals surface area contributed by atoms with Crippen molar-refractivity contribution in [3.05, 3.63) is 35.9 Å². The summed E-state index contributed by atoms with van der Waals surface area (Å²) in [6, 6.07) is 9.19. The van der Waals surface area contributed by atoms with Crippen LogP contribution in [-0.2, 0) is 19.1 Å². The lowest BCUT2D eigenvalue weighted by molar-refractivity contribution is -0.169. The van der Waals surface area contributed by atoms with Crippen LogP contribution in [0, 0.1) is 5.92 Å². The van der Waals surface area contributed by atoms with Crippen molar-refractivity contribution < 1.29 is 19.1 Å². The van der Waals surface area contributed by atoms with Crippen LogP contribution in [-0.4, -0.2) is 42.6 Å². The highest BCUT2D eigenvalue weighted by Crippen LogP contribution is 2.23. The largest absolute Gasteiger partial charge is 0.445 e. The van der Waals surface area contributed by atoms with Crippen LogP contribution in [0.4, 0.5) is 0 Å². The SMILES string of the molecule is CC(C)CCOC(C)C(=O)OC(C(=O)N1CCCC1)c1ccccc1. The molecule has 25 heavy (non-hydrogen) atoms. The second-order valence-electron chi connectivity index (χ2n) is 6.96. The van der Waals surface area contributed by atoms with E-state index in [0.29, 0.717) is 18.1 Å². The number of ether oxygens (including phenoxy) is 2. The first-order valence-electron chi connectivity index (χ1n) is 9.15. The predicted octanol–water partition coefficient (Wildman–Crippen LogP) is 3.34. The molecule has 5 heteroatoms. The summed E-state index contributed by atoms with van der Waals surface area (Å²) in [5, 5.41) is 0.